The van der Waals surface area contributed by atoms with Gasteiger partial charge in [-0.05, 0) is 31.3 Å². The number of hydrogen-bond acceptors (Lipinski definition) is 2. The zero-order valence-corrected chi connectivity index (χ0v) is 8.68. The molecule has 0 saturated heterocycles. The summed E-state index contributed by atoms with van der Waals surface area (Å²) in [7, 11) is 1.88. The molecule has 1 aromatic carbocycles. The van der Waals surface area contributed by atoms with Gasteiger partial charge in [0.1, 0.15) is 5.82 Å². The van der Waals surface area contributed by atoms with Gasteiger partial charge in [-0.15, -0.1) is 0 Å². The fourth-order valence-electron chi connectivity index (χ4n) is 1.40. The highest BCUT2D eigenvalue weighted by molar-refractivity contribution is 5.20. The first-order valence-electron chi connectivity index (χ1n) is 4.91. The number of likely N-dealkylation sites (N-methyl/N-ethyl adjacent to an activating group) is 2. The standard InChI is InChI=1S/C11H17FN2/c1-3-14-8-11(13-2)9-5-4-6-10(12)7-9/h4-7,11,13-14H,3,8H2,1-2H3. The van der Waals surface area contributed by atoms with E-state index in [-0.39, 0.29) is 11.9 Å². The van der Waals surface area contributed by atoms with E-state index in [0.717, 1.165) is 18.7 Å². The van der Waals surface area contributed by atoms with Gasteiger partial charge in [-0.2, -0.15) is 0 Å². The molecule has 2 nitrogen and oxygen atoms in total. The molecule has 0 fully saturated rings. The summed E-state index contributed by atoms with van der Waals surface area (Å²) in [5, 5.41) is 6.38. The molecular formula is C11H17FN2. The summed E-state index contributed by atoms with van der Waals surface area (Å²) in [6, 6.07) is 6.87. The van der Waals surface area contributed by atoms with Gasteiger partial charge < -0.3 is 10.6 Å². The van der Waals surface area contributed by atoms with Crippen LogP contribution < -0.4 is 10.6 Å². The summed E-state index contributed by atoms with van der Waals surface area (Å²) in [5.74, 6) is -0.181. The average Bonchev–Trinajstić information content (AvgIpc) is 2.19. The maximum atomic E-state index is 12.9. The highest BCUT2D eigenvalue weighted by Crippen LogP contribution is 2.12. The van der Waals surface area contributed by atoms with E-state index in [0.29, 0.717) is 0 Å². The van der Waals surface area contributed by atoms with Crippen LogP contribution in [-0.4, -0.2) is 20.1 Å². The van der Waals surface area contributed by atoms with Crippen molar-refractivity contribution in [2.24, 2.45) is 0 Å². The minimum Gasteiger partial charge on any atom is -0.315 e. The molecule has 14 heavy (non-hydrogen) atoms. The number of halogens is 1. The van der Waals surface area contributed by atoms with E-state index in [9.17, 15) is 4.39 Å². The molecule has 1 atom stereocenters. The van der Waals surface area contributed by atoms with Gasteiger partial charge in [-0.25, -0.2) is 4.39 Å². The van der Waals surface area contributed by atoms with Crippen molar-refractivity contribution in [3.05, 3.63) is 35.6 Å². The van der Waals surface area contributed by atoms with Crippen LogP contribution in [0.2, 0.25) is 0 Å². The number of benzene rings is 1. The lowest BCUT2D eigenvalue weighted by molar-refractivity contribution is 0.533. The second kappa shape index (κ2) is 5.73. The quantitative estimate of drug-likeness (QED) is 0.749. The van der Waals surface area contributed by atoms with Crippen LogP contribution in [0.1, 0.15) is 18.5 Å². The van der Waals surface area contributed by atoms with Crippen LogP contribution in [-0.2, 0) is 0 Å². The first kappa shape index (κ1) is 11.1. The van der Waals surface area contributed by atoms with Gasteiger partial charge in [-0.1, -0.05) is 19.1 Å². The Bertz CT molecular complexity index is 276. The normalized spacial score (nSPS) is 12.8. The van der Waals surface area contributed by atoms with Crippen molar-refractivity contribution in [2.75, 3.05) is 20.1 Å². The van der Waals surface area contributed by atoms with Crippen molar-refractivity contribution in [1.29, 1.82) is 0 Å². The largest absolute Gasteiger partial charge is 0.315 e. The Morgan fingerprint density at radius 1 is 1.43 bits per heavy atom. The molecule has 2 N–H and O–H groups in total. The van der Waals surface area contributed by atoms with E-state index in [1.807, 2.05) is 13.1 Å². The molecule has 1 aromatic rings. The third kappa shape index (κ3) is 3.09. The molecule has 0 heterocycles. The fourth-order valence-corrected chi connectivity index (χ4v) is 1.40. The van der Waals surface area contributed by atoms with Crippen molar-refractivity contribution in [1.82, 2.24) is 10.6 Å². The second-order valence-corrected chi connectivity index (χ2v) is 3.20. The SMILES string of the molecule is CCNCC(NC)c1cccc(F)c1. The van der Waals surface area contributed by atoms with Crippen LogP contribution in [0.25, 0.3) is 0 Å². The van der Waals surface area contributed by atoms with E-state index >= 15 is 0 Å². The van der Waals surface area contributed by atoms with Gasteiger partial charge in [0.15, 0.2) is 0 Å². The summed E-state index contributed by atoms with van der Waals surface area (Å²) in [6.07, 6.45) is 0. The topological polar surface area (TPSA) is 24.1 Å². The van der Waals surface area contributed by atoms with Crippen LogP contribution in [0.15, 0.2) is 24.3 Å². The van der Waals surface area contributed by atoms with Gasteiger partial charge in [0.2, 0.25) is 0 Å². The van der Waals surface area contributed by atoms with E-state index in [1.54, 1.807) is 12.1 Å². The van der Waals surface area contributed by atoms with Crippen LogP contribution in [0.4, 0.5) is 4.39 Å². The Hall–Kier alpha value is -0.930. The Morgan fingerprint density at radius 2 is 2.21 bits per heavy atom. The molecular weight excluding hydrogens is 179 g/mol. The average molecular weight is 196 g/mol. The Labute approximate surface area is 84.5 Å². The summed E-state index contributed by atoms with van der Waals surface area (Å²) >= 11 is 0. The Morgan fingerprint density at radius 3 is 2.79 bits per heavy atom. The highest BCUT2D eigenvalue weighted by Gasteiger charge is 2.08. The van der Waals surface area contributed by atoms with Gasteiger partial charge in [0.25, 0.3) is 0 Å². The Kier molecular flexibility index (Phi) is 4.56. The first-order chi connectivity index (χ1) is 6.77. The fraction of sp³-hybridized carbons (Fsp3) is 0.455. The van der Waals surface area contributed by atoms with Crippen molar-refractivity contribution in [3.8, 4) is 0 Å². The van der Waals surface area contributed by atoms with E-state index < -0.39 is 0 Å². The number of rotatable bonds is 5. The zero-order chi connectivity index (χ0) is 10.4. The van der Waals surface area contributed by atoms with Crippen LogP contribution in [0.3, 0.4) is 0 Å². The molecule has 1 rings (SSSR count). The van der Waals surface area contributed by atoms with E-state index in [2.05, 4.69) is 17.6 Å². The summed E-state index contributed by atoms with van der Waals surface area (Å²) < 4.78 is 12.9. The lowest BCUT2D eigenvalue weighted by atomic mass is 10.1. The summed E-state index contributed by atoms with van der Waals surface area (Å²) in [4.78, 5) is 0. The predicted octanol–water partition coefficient (Wildman–Crippen LogP) is 1.70. The first-order valence-corrected chi connectivity index (χ1v) is 4.91. The lowest BCUT2D eigenvalue weighted by Gasteiger charge is -2.16. The molecule has 1 unspecified atom stereocenters. The third-order valence-corrected chi connectivity index (χ3v) is 2.20. The maximum Gasteiger partial charge on any atom is 0.123 e. The molecule has 0 amide bonds. The molecule has 3 heteroatoms. The van der Waals surface area contributed by atoms with Crippen molar-refractivity contribution in [3.63, 3.8) is 0 Å². The van der Waals surface area contributed by atoms with Crippen LogP contribution >= 0.6 is 0 Å². The Balaban J connectivity index is 2.68. The van der Waals surface area contributed by atoms with Gasteiger partial charge in [-0.3, -0.25) is 0 Å². The van der Waals surface area contributed by atoms with Gasteiger partial charge in [0.05, 0.1) is 0 Å². The summed E-state index contributed by atoms with van der Waals surface area (Å²) in [5.41, 5.74) is 0.980. The van der Waals surface area contributed by atoms with Crippen LogP contribution in [0, 0.1) is 5.82 Å². The molecule has 0 aliphatic rings. The van der Waals surface area contributed by atoms with E-state index in [1.165, 1.54) is 6.07 Å². The van der Waals surface area contributed by atoms with Crippen molar-refractivity contribution >= 4 is 0 Å². The molecule has 0 bridgehead atoms. The summed E-state index contributed by atoms with van der Waals surface area (Å²) in [6.45, 7) is 3.79. The number of hydrogen-bond donors (Lipinski definition) is 2. The lowest BCUT2D eigenvalue weighted by Crippen LogP contribution is -2.29. The van der Waals surface area contributed by atoms with E-state index in [4.69, 9.17) is 0 Å². The molecule has 0 aliphatic heterocycles. The predicted molar refractivity (Wildman–Crippen MR) is 56.7 cm³/mol. The third-order valence-electron chi connectivity index (χ3n) is 2.20. The minimum atomic E-state index is -0.181. The minimum absolute atomic E-state index is 0.172. The smallest absolute Gasteiger partial charge is 0.123 e. The van der Waals surface area contributed by atoms with Gasteiger partial charge >= 0.3 is 0 Å². The molecule has 0 saturated carbocycles. The molecule has 0 spiro atoms. The number of nitrogens with one attached hydrogen (secondary N) is 2. The monoisotopic (exact) mass is 196 g/mol. The zero-order valence-electron chi connectivity index (χ0n) is 8.68. The van der Waals surface area contributed by atoms with Crippen LogP contribution in [0.5, 0.6) is 0 Å². The van der Waals surface area contributed by atoms with Crippen molar-refractivity contribution < 1.29 is 4.39 Å². The van der Waals surface area contributed by atoms with Gasteiger partial charge in [0, 0.05) is 12.6 Å². The molecule has 78 valence electrons. The molecule has 0 radical (unpaired) electrons. The molecule has 0 aliphatic carbocycles. The highest BCUT2D eigenvalue weighted by atomic mass is 19.1. The molecule has 0 aromatic heterocycles. The van der Waals surface area contributed by atoms with Crippen molar-refractivity contribution in [2.45, 2.75) is 13.0 Å². The maximum absolute atomic E-state index is 12.9. The second-order valence-electron chi connectivity index (χ2n) is 3.20.